The van der Waals surface area contributed by atoms with Crippen LogP contribution in [0.15, 0.2) is 334 Å². The predicted molar refractivity (Wildman–Crippen MR) is 598 cm³/mol. The van der Waals surface area contributed by atoms with Gasteiger partial charge in [-0.05, 0) is 284 Å². The van der Waals surface area contributed by atoms with Gasteiger partial charge in [-0.1, -0.05) is 474 Å². The van der Waals surface area contributed by atoms with Crippen LogP contribution in [0, 0.1) is 0 Å². The van der Waals surface area contributed by atoms with E-state index < -0.39 is 0 Å². The first-order chi connectivity index (χ1) is 56.2. The van der Waals surface area contributed by atoms with Gasteiger partial charge in [0, 0.05) is 0 Å². The molecule has 0 aliphatic carbocycles. The summed E-state index contributed by atoms with van der Waals surface area (Å²) in [6.45, 7) is 31.4. The zero-order valence-corrected chi connectivity index (χ0v) is 71.0. The van der Waals surface area contributed by atoms with Crippen molar-refractivity contribution in [3.8, 4) is 56.4 Å². The Balaban J connectivity index is -0.000000460. The van der Waals surface area contributed by atoms with E-state index in [0.717, 1.165) is 34.9 Å². The fourth-order valence-corrected chi connectivity index (χ4v) is 14.4. The lowest BCUT2D eigenvalue weighted by molar-refractivity contribution is 0.404. The van der Waals surface area contributed by atoms with Gasteiger partial charge in [0.2, 0.25) is 0 Å². The number of fused-ring (bicyclic) bond motifs is 6. The van der Waals surface area contributed by atoms with Gasteiger partial charge in [-0.2, -0.15) is 0 Å². The maximum Gasteiger partial charge on any atom is 0.158 e. The van der Waals surface area contributed by atoms with Crippen LogP contribution in [0.25, 0.3) is 98.0 Å². The highest BCUT2D eigenvalue weighted by Crippen LogP contribution is 2.36. The second kappa shape index (κ2) is 63.3. The fourth-order valence-electron chi connectivity index (χ4n) is 14.4. The average molecular weight is 1760 g/mol. The molecule has 0 saturated heterocycles. The number of phenolic OH excluding ortho intramolecular Hbond substituents is 4. The van der Waals surface area contributed by atoms with Crippen molar-refractivity contribution in [1.29, 1.82) is 0 Å². The zero-order valence-electron chi connectivity index (χ0n) is 71.0. The highest BCUT2D eigenvalue weighted by Gasteiger charge is 2.13. The lowest BCUT2D eigenvalue weighted by Gasteiger charge is -2.12. The quantitative estimate of drug-likeness (QED) is 0.0541. The molecule has 16 aromatic rings. The molecule has 0 amide bonds. The Labute approximate surface area is 796 Å². The molecule has 0 bridgehead atoms. The topological polar surface area (TPSA) is 80.9 Å². The highest BCUT2D eigenvalue weighted by molar-refractivity contribution is 6.00. The average Bonchev–Trinajstić information content (AvgIpc) is 0.794. The van der Waals surface area contributed by atoms with Gasteiger partial charge in [0.1, 0.15) is 11.5 Å². The van der Waals surface area contributed by atoms with Crippen LogP contribution in [-0.2, 0) is 0 Å². The molecule has 0 fully saturated rings. The highest BCUT2D eigenvalue weighted by atomic mass is 16.3. The molecule has 0 aromatic heterocycles. The molecule has 0 heterocycles. The molecule has 4 heteroatoms. The molecule has 7 atom stereocenters. The van der Waals surface area contributed by atoms with E-state index in [1.165, 1.54) is 153 Å². The SMILES string of the molecule is C.C.C.C.C.C.C.C.C.C.C.C.C.C.CCC(C)c1ccc(-c2ccc(O)c(O)c2)cc1.CCC(C)c1ccc(-c2ccc(O)cc2)cc1.CCC(C)c1ccc(-c2ccccc2)cc1.CCC(C)c1ccc2cc3cc(O)ccc3cc2c1.CCC(C)c1ccc2cc3ccccc3cc2c1.CCC(C)c1ccc2ccccc2c1.CCC(C)c1cccc2ccccc12. The second-order valence-corrected chi connectivity index (χ2v) is 31.6. The molecule has 0 radical (unpaired) electrons. The van der Waals surface area contributed by atoms with Gasteiger partial charge in [0.25, 0.3) is 0 Å². The number of benzene rings is 16. The normalized spacial score (nSPS) is 11.3. The molecule has 0 saturated carbocycles. The van der Waals surface area contributed by atoms with E-state index in [1.807, 2.05) is 36.4 Å². The fraction of sp³-hybridized carbons (Fsp3) is 0.333. The summed E-state index contributed by atoms with van der Waals surface area (Å²) in [4.78, 5) is 0. The van der Waals surface area contributed by atoms with Crippen molar-refractivity contribution in [2.45, 2.75) is 287 Å². The van der Waals surface area contributed by atoms with Gasteiger partial charge < -0.3 is 20.4 Å². The molecular weight excluding hydrogens is 1580 g/mol. The summed E-state index contributed by atoms with van der Waals surface area (Å²) < 4.78 is 0. The number of rotatable bonds is 17. The van der Waals surface area contributed by atoms with Crippen LogP contribution in [0.5, 0.6) is 23.0 Å². The predicted octanol–water partition coefficient (Wildman–Crippen LogP) is 42.0. The summed E-state index contributed by atoms with van der Waals surface area (Å²) in [6, 6.07) is 116. The molecule has 0 aliphatic rings. The Morgan fingerprint density at radius 3 is 0.808 bits per heavy atom. The van der Waals surface area contributed by atoms with Gasteiger partial charge in [-0.15, -0.1) is 0 Å². The second-order valence-electron chi connectivity index (χ2n) is 31.6. The number of hydrogen-bond acceptors (Lipinski definition) is 4. The van der Waals surface area contributed by atoms with Gasteiger partial charge >= 0.3 is 0 Å². The molecule has 16 aromatic carbocycles. The zero-order chi connectivity index (χ0) is 82.6. The van der Waals surface area contributed by atoms with Crippen LogP contribution in [0.1, 0.15) is 326 Å². The van der Waals surface area contributed by atoms with Gasteiger partial charge in [-0.25, -0.2) is 0 Å². The van der Waals surface area contributed by atoms with E-state index in [9.17, 15) is 20.4 Å². The van der Waals surface area contributed by atoms with Crippen molar-refractivity contribution in [2.24, 2.45) is 0 Å². The minimum atomic E-state index is -0.0880. The van der Waals surface area contributed by atoms with Gasteiger partial charge in [0.05, 0.1) is 0 Å². The summed E-state index contributed by atoms with van der Waals surface area (Å²) >= 11 is 0. The molecule has 0 aliphatic heterocycles. The van der Waals surface area contributed by atoms with Crippen LogP contribution in [-0.4, -0.2) is 20.4 Å². The molecule has 4 nitrogen and oxygen atoms in total. The maximum absolute atomic E-state index is 9.55. The first-order valence-electron chi connectivity index (χ1n) is 42.4. The molecule has 4 N–H and O–H groups in total. The van der Waals surface area contributed by atoms with E-state index in [4.69, 9.17) is 0 Å². The Hall–Kier alpha value is -11.7. The van der Waals surface area contributed by atoms with Crippen molar-refractivity contribution in [2.75, 3.05) is 0 Å². The Morgan fingerprint density at radius 1 is 0.169 bits per heavy atom. The Bertz CT molecular complexity index is 5690. The summed E-state index contributed by atoms with van der Waals surface area (Å²) in [5, 5.41) is 53.1. The number of aromatic hydroxyl groups is 4. The first-order valence-corrected chi connectivity index (χ1v) is 42.4. The van der Waals surface area contributed by atoms with E-state index in [-0.39, 0.29) is 115 Å². The summed E-state index contributed by atoms with van der Waals surface area (Å²) in [5.41, 5.74) is 16.8. The molecule has 16 rings (SSSR count). The van der Waals surface area contributed by atoms with Crippen molar-refractivity contribution in [3.05, 3.63) is 373 Å². The molecule has 0 spiro atoms. The minimum absolute atomic E-state index is 0. The summed E-state index contributed by atoms with van der Waals surface area (Å²) in [5.74, 6) is 4.85. The third-order valence-corrected chi connectivity index (χ3v) is 23.7. The smallest absolute Gasteiger partial charge is 0.158 e. The first kappa shape index (κ1) is 127. The third-order valence-electron chi connectivity index (χ3n) is 23.7. The van der Waals surface area contributed by atoms with Crippen LogP contribution in [0.2, 0.25) is 0 Å². The van der Waals surface area contributed by atoms with Crippen molar-refractivity contribution < 1.29 is 20.4 Å². The monoisotopic (exact) mass is 1760 g/mol. The summed E-state index contributed by atoms with van der Waals surface area (Å²) in [7, 11) is 0. The lowest BCUT2D eigenvalue weighted by atomic mass is 9.93. The van der Waals surface area contributed by atoms with Gasteiger partial charge in [0.15, 0.2) is 11.5 Å². The maximum atomic E-state index is 9.55. The molecule has 130 heavy (non-hydrogen) atoms. The van der Waals surface area contributed by atoms with E-state index in [1.54, 1.807) is 30.3 Å². The van der Waals surface area contributed by atoms with Crippen LogP contribution in [0.3, 0.4) is 0 Å². The van der Waals surface area contributed by atoms with Crippen molar-refractivity contribution >= 4 is 64.6 Å². The third kappa shape index (κ3) is 34.9. The molecular formula is C126H178O4. The molecule has 7 unspecified atom stereocenters. The van der Waals surface area contributed by atoms with Gasteiger partial charge in [-0.3, -0.25) is 0 Å². The van der Waals surface area contributed by atoms with Crippen LogP contribution >= 0.6 is 0 Å². The number of hydrogen-bond donors (Lipinski definition) is 4. The van der Waals surface area contributed by atoms with Crippen LogP contribution < -0.4 is 0 Å². The Kier molecular flexibility index (Phi) is 61.7. The largest absolute Gasteiger partial charge is 0.508 e. The van der Waals surface area contributed by atoms with Crippen molar-refractivity contribution in [1.82, 2.24) is 0 Å². The Morgan fingerprint density at radius 2 is 0.423 bits per heavy atom. The van der Waals surface area contributed by atoms with E-state index in [0.29, 0.717) is 52.9 Å². The summed E-state index contributed by atoms with van der Waals surface area (Å²) in [6.07, 6.45) is 8.25. The molecule has 706 valence electrons. The minimum Gasteiger partial charge on any atom is -0.508 e. The number of phenols is 4. The van der Waals surface area contributed by atoms with E-state index >= 15 is 0 Å². The van der Waals surface area contributed by atoms with E-state index in [2.05, 4.69) is 358 Å². The van der Waals surface area contributed by atoms with Crippen LogP contribution in [0.4, 0.5) is 0 Å². The standard InChI is InChI=1S/C18H18O.C18H18.C16H18O2.C16H18O.C16H18.2C14H16.14CH4/c1-3-12(2)13-4-5-14-10-17-11-18(19)7-6-15(17)9-16(14)8-13;1-3-13(2)14-8-9-17-11-15-6-4-5-7-16(15)12-18(17)10-14;1-3-11(2)12-4-6-13(7-5-12)14-8-9-15(17)16(18)10-14;1-3-12(2)13-4-6-14(7-5-13)15-8-10-16(17)11-9-15;1-3-13(2)14-9-11-16(12-10-14)15-7-5-4-6-8-15;1-3-11(2)13-10-6-8-12-7-4-5-9-14(12)13;1-3-11(2)13-9-8-12-6-4-5-7-14(12)10-13;;;;;;;;;;;;;;/h4-12,19H,3H2,1-2H3;4-13H,3H2,1-2H3;4-11,17-18H,3H2,1-2H3;4-12,17H,3H2,1-2H3;4-13H,3H2,1-2H3;2*4-11H,3H2,1-2H3;14*1H4. The van der Waals surface area contributed by atoms with Crippen molar-refractivity contribution in [3.63, 3.8) is 0 Å². The lowest BCUT2D eigenvalue weighted by Crippen LogP contribution is -1.92.